The van der Waals surface area contributed by atoms with Crippen molar-refractivity contribution < 1.29 is 2.74 Å². The van der Waals surface area contributed by atoms with E-state index in [2.05, 4.69) is 41.8 Å². The second-order valence-electron chi connectivity index (χ2n) is 2.27. The SMILES string of the molecule is [2H]c1nc(Br)c([2H])n1-c1cccc(Br)n1. The molecule has 0 aliphatic carbocycles. The lowest BCUT2D eigenvalue weighted by Gasteiger charge is -1.99. The van der Waals surface area contributed by atoms with Crippen LogP contribution in [0.2, 0.25) is 0 Å². The van der Waals surface area contributed by atoms with E-state index in [9.17, 15) is 0 Å². The molecule has 2 aromatic heterocycles. The highest BCUT2D eigenvalue weighted by Crippen LogP contribution is 2.12. The van der Waals surface area contributed by atoms with E-state index >= 15 is 0 Å². The molecule has 0 unspecified atom stereocenters. The molecule has 2 heterocycles. The Morgan fingerprint density at radius 2 is 2.15 bits per heavy atom. The molecule has 3 nitrogen and oxygen atoms in total. The van der Waals surface area contributed by atoms with Crippen LogP contribution in [0.5, 0.6) is 0 Å². The van der Waals surface area contributed by atoms with Crippen molar-refractivity contribution in [1.82, 2.24) is 14.5 Å². The van der Waals surface area contributed by atoms with Gasteiger partial charge in [0.1, 0.15) is 22.7 Å². The lowest BCUT2D eigenvalue weighted by molar-refractivity contribution is 0.984. The van der Waals surface area contributed by atoms with E-state index in [0.717, 1.165) is 0 Å². The van der Waals surface area contributed by atoms with Crippen LogP contribution in [0.25, 0.3) is 5.82 Å². The van der Waals surface area contributed by atoms with Gasteiger partial charge >= 0.3 is 0 Å². The average Bonchev–Trinajstić information content (AvgIpc) is 2.41. The monoisotopic (exact) mass is 303 g/mol. The molecule has 0 fully saturated rings. The normalized spacial score (nSPS) is 12.5. The van der Waals surface area contributed by atoms with Crippen molar-refractivity contribution in [3.05, 3.63) is 39.9 Å². The molecule has 0 aliphatic heterocycles. The topological polar surface area (TPSA) is 30.7 Å². The number of hydrogen-bond acceptors (Lipinski definition) is 2. The van der Waals surface area contributed by atoms with Crippen LogP contribution in [0.15, 0.2) is 39.9 Å². The molecule has 0 saturated heterocycles. The largest absolute Gasteiger partial charge is 0.289 e. The number of aromatic nitrogens is 3. The summed E-state index contributed by atoms with van der Waals surface area (Å²) in [5, 5.41) is 0. The van der Waals surface area contributed by atoms with E-state index in [1.54, 1.807) is 18.2 Å². The molecule has 0 amide bonds. The summed E-state index contributed by atoms with van der Waals surface area (Å²) in [6, 6.07) is 5.29. The van der Waals surface area contributed by atoms with Gasteiger partial charge in [0, 0.05) is 6.17 Å². The van der Waals surface area contributed by atoms with Crippen LogP contribution < -0.4 is 0 Å². The second-order valence-corrected chi connectivity index (χ2v) is 3.83. The van der Waals surface area contributed by atoms with E-state index in [0.29, 0.717) is 15.0 Å². The fraction of sp³-hybridized carbons (Fsp3) is 0. The number of pyridine rings is 1. The van der Waals surface area contributed by atoms with E-state index in [-0.39, 0.29) is 12.5 Å². The van der Waals surface area contributed by atoms with Crippen LogP contribution in [0, 0.1) is 0 Å². The standard InChI is InChI=1S/C8H5Br2N3/c9-6-2-1-3-8(12-6)13-4-7(10)11-5-13/h1-5H/i4D,5D. The molecular formula is C8H5Br2N3. The summed E-state index contributed by atoms with van der Waals surface area (Å²) in [4.78, 5) is 7.98. The first-order valence-electron chi connectivity index (χ1n) is 4.44. The predicted molar refractivity (Wildman–Crippen MR) is 56.8 cm³/mol. The van der Waals surface area contributed by atoms with Crippen molar-refractivity contribution in [2.75, 3.05) is 0 Å². The van der Waals surface area contributed by atoms with Crippen molar-refractivity contribution in [1.29, 1.82) is 0 Å². The number of hydrogen-bond donors (Lipinski definition) is 0. The first-order chi connectivity index (χ1) is 7.09. The van der Waals surface area contributed by atoms with Crippen LogP contribution in [0.3, 0.4) is 0 Å². The Bertz CT molecular complexity index is 513. The van der Waals surface area contributed by atoms with E-state index in [4.69, 9.17) is 2.74 Å². The van der Waals surface area contributed by atoms with Crippen molar-refractivity contribution in [3.8, 4) is 5.82 Å². The van der Waals surface area contributed by atoms with Gasteiger partial charge in [-0.1, -0.05) is 6.07 Å². The second kappa shape index (κ2) is 3.59. The van der Waals surface area contributed by atoms with Crippen LogP contribution >= 0.6 is 31.9 Å². The third kappa shape index (κ3) is 1.97. The van der Waals surface area contributed by atoms with E-state index in [1.807, 2.05) is 0 Å². The first-order valence-corrected chi connectivity index (χ1v) is 5.02. The van der Waals surface area contributed by atoms with Crippen LogP contribution in [0.4, 0.5) is 0 Å². The summed E-state index contributed by atoms with van der Waals surface area (Å²) in [6.07, 6.45) is 0.100. The molecule has 2 aromatic rings. The quantitative estimate of drug-likeness (QED) is 0.759. The van der Waals surface area contributed by atoms with Crippen molar-refractivity contribution in [2.45, 2.75) is 0 Å². The Balaban J connectivity index is 2.63. The maximum Gasteiger partial charge on any atom is 0.139 e. The molecule has 5 heteroatoms. The van der Waals surface area contributed by atoms with Crippen molar-refractivity contribution in [3.63, 3.8) is 0 Å². The number of rotatable bonds is 1. The molecule has 0 atom stereocenters. The van der Waals surface area contributed by atoms with Gasteiger partial charge < -0.3 is 0 Å². The first kappa shape index (κ1) is 6.73. The molecule has 13 heavy (non-hydrogen) atoms. The Morgan fingerprint density at radius 1 is 1.31 bits per heavy atom. The smallest absolute Gasteiger partial charge is 0.139 e. The maximum absolute atomic E-state index is 7.70. The fourth-order valence-corrected chi connectivity index (χ4v) is 1.46. The predicted octanol–water partition coefficient (Wildman–Crippen LogP) is 2.79. The van der Waals surface area contributed by atoms with Gasteiger partial charge in [-0.3, -0.25) is 4.57 Å². The number of imidazole rings is 1. The Morgan fingerprint density at radius 3 is 2.77 bits per heavy atom. The summed E-state index contributed by atoms with van der Waals surface area (Å²) in [5.74, 6) is 0.498. The molecule has 0 aliphatic rings. The average molecular weight is 305 g/mol. The summed E-state index contributed by atoms with van der Waals surface area (Å²) in [6.45, 7) is 0. The summed E-state index contributed by atoms with van der Waals surface area (Å²) in [7, 11) is 0. The molecule has 0 N–H and O–H groups in total. The van der Waals surface area contributed by atoms with Crippen LogP contribution in [-0.2, 0) is 0 Å². The van der Waals surface area contributed by atoms with Crippen LogP contribution in [0.1, 0.15) is 2.74 Å². The third-order valence-electron chi connectivity index (χ3n) is 1.38. The maximum atomic E-state index is 7.70. The Kier molecular flexibility index (Phi) is 1.86. The van der Waals surface area contributed by atoms with Gasteiger partial charge in [0.25, 0.3) is 0 Å². The molecular weight excluding hydrogens is 298 g/mol. The van der Waals surface area contributed by atoms with Gasteiger partial charge in [-0.05, 0) is 44.0 Å². The van der Waals surface area contributed by atoms with Gasteiger partial charge in [0.15, 0.2) is 0 Å². The van der Waals surface area contributed by atoms with E-state index < -0.39 is 0 Å². The van der Waals surface area contributed by atoms with Gasteiger partial charge in [0.05, 0.1) is 1.37 Å². The van der Waals surface area contributed by atoms with E-state index in [1.165, 1.54) is 4.57 Å². The molecule has 2 rings (SSSR count). The van der Waals surface area contributed by atoms with Crippen molar-refractivity contribution in [2.24, 2.45) is 0 Å². The molecule has 0 saturated carbocycles. The number of nitrogens with zero attached hydrogens (tertiary/aromatic N) is 3. The fourth-order valence-electron chi connectivity index (χ4n) is 0.867. The zero-order chi connectivity index (χ0) is 11.0. The van der Waals surface area contributed by atoms with Gasteiger partial charge in [0.2, 0.25) is 0 Å². The molecule has 0 bridgehead atoms. The zero-order valence-corrected chi connectivity index (χ0v) is 9.50. The van der Waals surface area contributed by atoms with Crippen LogP contribution in [-0.4, -0.2) is 14.5 Å². The molecule has 0 aromatic carbocycles. The molecule has 66 valence electrons. The van der Waals surface area contributed by atoms with Gasteiger partial charge in [-0.2, -0.15) is 0 Å². The minimum absolute atomic E-state index is 0.0162. The van der Waals surface area contributed by atoms with Crippen molar-refractivity contribution >= 4 is 31.9 Å². The summed E-state index contributed by atoms with van der Waals surface area (Å²) >= 11 is 6.34. The highest BCUT2D eigenvalue weighted by molar-refractivity contribution is 9.10. The van der Waals surface area contributed by atoms with Gasteiger partial charge in [-0.25, -0.2) is 9.97 Å². The highest BCUT2D eigenvalue weighted by atomic mass is 79.9. The molecule has 0 radical (unpaired) electrons. The number of halogens is 2. The summed E-state index contributed by atoms with van der Waals surface area (Å²) in [5.41, 5.74) is 0. The van der Waals surface area contributed by atoms with Gasteiger partial charge in [-0.15, -0.1) is 0 Å². The Hall–Kier alpha value is -0.680. The minimum atomic E-state index is -0.0162. The lowest BCUT2D eigenvalue weighted by atomic mass is 10.5. The highest BCUT2D eigenvalue weighted by Gasteiger charge is 1.99. The minimum Gasteiger partial charge on any atom is -0.289 e. The summed E-state index contributed by atoms with van der Waals surface area (Å²) < 4.78 is 17.6. The lowest BCUT2D eigenvalue weighted by Crippen LogP contribution is -1.93. The zero-order valence-electron chi connectivity index (χ0n) is 8.33. The Labute approximate surface area is 94.9 Å². The third-order valence-corrected chi connectivity index (χ3v) is 2.18. The molecule has 0 spiro atoms.